The minimum atomic E-state index is 0.182. The van der Waals surface area contributed by atoms with Gasteiger partial charge in [-0.05, 0) is 37.0 Å². The Kier molecular flexibility index (Phi) is 5.84. The molecule has 1 aromatic carbocycles. The number of carbonyl (C=O) groups excluding carboxylic acids is 1. The number of aromatic hydroxyl groups is 1. The maximum absolute atomic E-state index is 12.8. The van der Waals surface area contributed by atoms with Gasteiger partial charge in [-0.25, -0.2) is 0 Å². The summed E-state index contributed by atoms with van der Waals surface area (Å²) < 4.78 is 5.19. The number of piperidine rings is 2. The number of phenolic OH excluding ortho intramolecular Hbond substituents is 1. The van der Waals surface area contributed by atoms with Crippen LogP contribution in [0.1, 0.15) is 38.2 Å². The molecule has 0 unspecified atom stereocenters. The van der Waals surface area contributed by atoms with Crippen molar-refractivity contribution in [1.29, 1.82) is 0 Å². The van der Waals surface area contributed by atoms with Gasteiger partial charge >= 0.3 is 0 Å². The van der Waals surface area contributed by atoms with E-state index < -0.39 is 0 Å². The summed E-state index contributed by atoms with van der Waals surface area (Å²) in [5.74, 6) is 1.95. The number of rotatable bonds is 4. The number of nitrogens with zero attached hydrogens (tertiary/aromatic N) is 1. The maximum atomic E-state index is 12.8. The third kappa shape index (κ3) is 4.46. The van der Waals surface area contributed by atoms with E-state index in [1.807, 2.05) is 12.1 Å². The Balaban J connectivity index is 1.51. The average Bonchev–Trinajstić information content (AvgIpc) is 2.63. The second kappa shape index (κ2) is 8.09. The van der Waals surface area contributed by atoms with E-state index in [1.54, 1.807) is 13.2 Å². The molecule has 5 heteroatoms. The first-order valence-electron chi connectivity index (χ1n) is 9.55. The molecule has 2 fully saturated rings. The van der Waals surface area contributed by atoms with Crippen molar-refractivity contribution in [2.75, 3.05) is 33.3 Å². The average molecular weight is 347 g/mol. The van der Waals surface area contributed by atoms with Gasteiger partial charge in [-0.15, -0.1) is 0 Å². The van der Waals surface area contributed by atoms with Crippen LogP contribution in [0.15, 0.2) is 18.2 Å². The molecule has 1 amide bonds. The van der Waals surface area contributed by atoms with Gasteiger partial charge in [0.05, 0.1) is 20.2 Å². The largest absolute Gasteiger partial charge is 0.504 e. The first-order valence-corrected chi connectivity index (χ1v) is 9.55. The van der Waals surface area contributed by atoms with Crippen LogP contribution in [0.2, 0.25) is 0 Å². The summed E-state index contributed by atoms with van der Waals surface area (Å²) in [7, 11) is 1.57. The molecular formula is C20H31N2O3+. The summed E-state index contributed by atoms with van der Waals surface area (Å²) in [4.78, 5) is 16.4. The highest BCUT2D eigenvalue weighted by atomic mass is 16.5. The molecule has 3 rings (SSSR count). The molecule has 2 aliphatic rings. The summed E-state index contributed by atoms with van der Waals surface area (Å²) in [5.41, 5.74) is 1.17. The molecule has 0 saturated carbocycles. The van der Waals surface area contributed by atoms with Gasteiger partial charge in [-0.3, -0.25) is 4.79 Å². The third-order valence-electron chi connectivity index (χ3n) is 5.71. The molecule has 0 bridgehead atoms. The summed E-state index contributed by atoms with van der Waals surface area (Å²) in [6.07, 6.45) is 4.37. The number of methoxy groups -OCH3 is 1. The fourth-order valence-electron chi connectivity index (χ4n) is 4.22. The molecule has 1 atom stereocenters. The number of ether oxygens (including phenoxy) is 1. The molecule has 0 radical (unpaired) electrons. The molecule has 2 aliphatic heterocycles. The molecule has 138 valence electrons. The Morgan fingerprint density at radius 2 is 2.08 bits per heavy atom. The standard InChI is InChI=1S/C20H30N2O3/c1-15-4-3-9-22(13-15)20(24)17-7-10-21(11-8-17)14-16-5-6-18(23)19(12-16)25-2/h5-6,12,15,17,23H,3-4,7-11,13-14H2,1-2H3/p+1/t15-/m1/s1. The Morgan fingerprint density at radius 1 is 1.32 bits per heavy atom. The predicted molar refractivity (Wildman–Crippen MR) is 96.8 cm³/mol. The lowest BCUT2D eigenvalue weighted by atomic mass is 9.92. The molecule has 2 saturated heterocycles. The molecule has 0 aliphatic carbocycles. The van der Waals surface area contributed by atoms with Crippen molar-refractivity contribution < 1.29 is 19.5 Å². The zero-order valence-electron chi connectivity index (χ0n) is 15.5. The quantitative estimate of drug-likeness (QED) is 0.867. The number of hydrogen-bond acceptors (Lipinski definition) is 3. The molecule has 0 spiro atoms. The topological polar surface area (TPSA) is 54.2 Å². The van der Waals surface area contributed by atoms with E-state index in [0.717, 1.165) is 52.0 Å². The Labute approximate surface area is 150 Å². The van der Waals surface area contributed by atoms with Crippen LogP contribution in [0.4, 0.5) is 0 Å². The summed E-state index contributed by atoms with van der Waals surface area (Å²) in [6.45, 7) is 7.12. The third-order valence-corrected chi connectivity index (χ3v) is 5.71. The van der Waals surface area contributed by atoms with Crippen LogP contribution < -0.4 is 9.64 Å². The van der Waals surface area contributed by atoms with Crippen molar-refractivity contribution in [3.8, 4) is 11.5 Å². The Hall–Kier alpha value is -1.75. The van der Waals surface area contributed by atoms with Gasteiger partial charge in [-0.2, -0.15) is 0 Å². The second-order valence-corrected chi connectivity index (χ2v) is 7.74. The fraction of sp³-hybridized carbons (Fsp3) is 0.650. The zero-order valence-corrected chi connectivity index (χ0v) is 15.5. The maximum Gasteiger partial charge on any atom is 0.226 e. The van der Waals surface area contributed by atoms with Crippen molar-refractivity contribution in [1.82, 2.24) is 4.90 Å². The van der Waals surface area contributed by atoms with Crippen LogP contribution in [0.25, 0.3) is 0 Å². The number of hydrogen-bond donors (Lipinski definition) is 2. The van der Waals surface area contributed by atoms with Gasteiger partial charge in [0.15, 0.2) is 11.5 Å². The Morgan fingerprint density at radius 3 is 2.76 bits per heavy atom. The molecule has 5 nitrogen and oxygen atoms in total. The van der Waals surface area contributed by atoms with Gasteiger partial charge < -0.3 is 19.6 Å². The monoisotopic (exact) mass is 347 g/mol. The van der Waals surface area contributed by atoms with Crippen LogP contribution in [0.5, 0.6) is 11.5 Å². The molecule has 2 heterocycles. The van der Waals surface area contributed by atoms with Gasteiger partial charge in [0.2, 0.25) is 5.91 Å². The number of phenols is 1. The lowest BCUT2D eigenvalue weighted by molar-refractivity contribution is -0.919. The van der Waals surface area contributed by atoms with Crippen LogP contribution in [0.3, 0.4) is 0 Å². The first kappa shape index (κ1) is 18.1. The van der Waals surface area contributed by atoms with E-state index in [-0.39, 0.29) is 11.7 Å². The number of nitrogens with one attached hydrogen (secondary N) is 1. The van der Waals surface area contributed by atoms with Gasteiger partial charge in [0.1, 0.15) is 6.54 Å². The van der Waals surface area contributed by atoms with Crippen LogP contribution >= 0.6 is 0 Å². The second-order valence-electron chi connectivity index (χ2n) is 7.74. The van der Waals surface area contributed by atoms with Crippen molar-refractivity contribution in [3.63, 3.8) is 0 Å². The van der Waals surface area contributed by atoms with Gasteiger partial charge in [0.25, 0.3) is 0 Å². The predicted octanol–water partition coefficient (Wildman–Crippen LogP) is 1.45. The molecule has 0 aromatic heterocycles. The first-order chi connectivity index (χ1) is 12.1. The number of carbonyl (C=O) groups is 1. The van der Waals surface area contributed by atoms with E-state index >= 15 is 0 Å². The van der Waals surface area contributed by atoms with E-state index in [0.29, 0.717) is 17.6 Å². The van der Waals surface area contributed by atoms with E-state index in [4.69, 9.17) is 4.74 Å². The smallest absolute Gasteiger partial charge is 0.226 e. The zero-order chi connectivity index (χ0) is 17.8. The SMILES string of the molecule is COc1cc(C[NH+]2CCC(C(=O)N3CCC[C@@H](C)C3)CC2)ccc1O. The number of amides is 1. The summed E-state index contributed by atoms with van der Waals surface area (Å²) >= 11 is 0. The molecule has 1 aromatic rings. The van der Waals surface area contributed by atoms with Gasteiger partial charge in [-0.1, -0.05) is 6.92 Å². The lowest BCUT2D eigenvalue weighted by Crippen LogP contribution is -3.11. The lowest BCUT2D eigenvalue weighted by Gasteiger charge is -2.36. The van der Waals surface area contributed by atoms with Crippen LogP contribution in [0, 0.1) is 11.8 Å². The van der Waals surface area contributed by atoms with Crippen molar-refractivity contribution in [2.24, 2.45) is 11.8 Å². The summed E-state index contributed by atoms with van der Waals surface area (Å²) in [6, 6.07) is 5.56. The molecular weight excluding hydrogens is 316 g/mol. The van der Waals surface area contributed by atoms with Crippen molar-refractivity contribution >= 4 is 5.91 Å². The van der Waals surface area contributed by atoms with Crippen LogP contribution in [-0.2, 0) is 11.3 Å². The van der Waals surface area contributed by atoms with Crippen molar-refractivity contribution in [3.05, 3.63) is 23.8 Å². The molecule has 25 heavy (non-hydrogen) atoms. The number of likely N-dealkylation sites (tertiary alicyclic amines) is 2. The van der Waals surface area contributed by atoms with Crippen LogP contribution in [-0.4, -0.2) is 49.2 Å². The number of benzene rings is 1. The normalized spacial score (nSPS) is 27.1. The van der Waals surface area contributed by atoms with E-state index in [2.05, 4.69) is 11.8 Å². The molecule has 2 N–H and O–H groups in total. The highest BCUT2D eigenvalue weighted by Gasteiger charge is 2.32. The number of quaternary nitrogens is 1. The highest BCUT2D eigenvalue weighted by Crippen LogP contribution is 2.26. The highest BCUT2D eigenvalue weighted by molar-refractivity contribution is 5.79. The fourth-order valence-corrected chi connectivity index (χ4v) is 4.22. The van der Waals surface area contributed by atoms with E-state index in [1.165, 1.54) is 16.9 Å². The van der Waals surface area contributed by atoms with E-state index in [9.17, 15) is 9.90 Å². The summed E-state index contributed by atoms with van der Waals surface area (Å²) in [5, 5.41) is 9.71. The van der Waals surface area contributed by atoms with Crippen molar-refractivity contribution in [2.45, 2.75) is 39.2 Å². The minimum Gasteiger partial charge on any atom is -0.504 e. The Bertz CT molecular complexity index is 597. The minimum absolute atomic E-state index is 0.182. The van der Waals surface area contributed by atoms with Gasteiger partial charge in [0, 0.05) is 37.4 Å².